The maximum absolute atomic E-state index is 8.75. The van der Waals surface area contributed by atoms with Gasteiger partial charge in [-0.1, -0.05) is 0 Å². The van der Waals surface area contributed by atoms with Crippen LogP contribution in [0.5, 0.6) is 11.5 Å². The van der Waals surface area contributed by atoms with E-state index in [0.29, 0.717) is 5.75 Å². The van der Waals surface area contributed by atoms with Crippen molar-refractivity contribution in [1.82, 2.24) is 5.32 Å². The minimum atomic E-state index is 0. The van der Waals surface area contributed by atoms with Crippen LogP contribution in [0.15, 0.2) is 18.2 Å². The summed E-state index contributed by atoms with van der Waals surface area (Å²) in [5.74, 6) is 1.41. The first-order chi connectivity index (χ1) is 8.30. The van der Waals surface area contributed by atoms with Gasteiger partial charge in [0.25, 0.3) is 0 Å². The second-order valence-electron chi connectivity index (χ2n) is 3.73. The van der Waals surface area contributed by atoms with Crippen molar-refractivity contribution in [3.8, 4) is 17.6 Å². The quantitative estimate of drug-likeness (QED) is 0.651. The van der Waals surface area contributed by atoms with E-state index in [0.717, 1.165) is 30.0 Å². The van der Waals surface area contributed by atoms with Crippen LogP contribution in [0.25, 0.3) is 5.70 Å². The Balaban J connectivity index is 0.00000162. The molecule has 0 saturated carbocycles. The highest BCUT2D eigenvalue weighted by molar-refractivity contribution is 14.0. The van der Waals surface area contributed by atoms with Gasteiger partial charge in [-0.3, -0.25) is 0 Å². The highest BCUT2D eigenvalue weighted by Gasteiger charge is 2.17. The number of hydrogen-bond donors (Lipinski definition) is 1. The van der Waals surface area contributed by atoms with Gasteiger partial charge >= 0.3 is 0 Å². The molecule has 1 aliphatic heterocycles. The fourth-order valence-corrected chi connectivity index (χ4v) is 2.00. The molecule has 1 N–H and O–H groups in total. The van der Waals surface area contributed by atoms with Crippen LogP contribution in [0.3, 0.4) is 0 Å². The lowest BCUT2D eigenvalue weighted by molar-refractivity contribution is 0.354. The van der Waals surface area contributed by atoms with E-state index < -0.39 is 0 Å². The normalized spacial score (nSPS) is 14.8. The van der Waals surface area contributed by atoms with Crippen molar-refractivity contribution in [3.63, 3.8) is 0 Å². The molecule has 1 aromatic rings. The van der Waals surface area contributed by atoms with Crippen molar-refractivity contribution in [1.29, 1.82) is 5.26 Å². The molecule has 18 heavy (non-hydrogen) atoms. The summed E-state index contributed by atoms with van der Waals surface area (Å²) in [5, 5.41) is 12.0. The third kappa shape index (κ3) is 2.70. The summed E-state index contributed by atoms with van der Waals surface area (Å²) in [6, 6.07) is 5.93. The summed E-state index contributed by atoms with van der Waals surface area (Å²) < 4.78 is 10.5. The second-order valence-corrected chi connectivity index (χ2v) is 3.73. The number of nitrogens with zero attached hydrogens (tertiary/aromatic N) is 1. The number of hydrogen-bond acceptors (Lipinski definition) is 4. The molecule has 0 spiro atoms. The van der Waals surface area contributed by atoms with E-state index in [9.17, 15) is 0 Å². The second kappa shape index (κ2) is 6.50. The molecule has 0 aromatic heterocycles. The van der Waals surface area contributed by atoms with E-state index in [1.807, 2.05) is 18.2 Å². The van der Waals surface area contributed by atoms with Gasteiger partial charge in [-0.05, 0) is 24.1 Å². The van der Waals surface area contributed by atoms with Gasteiger partial charge in [0.2, 0.25) is 0 Å². The summed E-state index contributed by atoms with van der Waals surface area (Å²) in [7, 11) is 3.23. The zero-order chi connectivity index (χ0) is 12.3. The Labute approximate surface area is 124 Å². The fraction of sp³-hybridized carbons (Fsp3) is 0.308. The van der Waals surface area contributed by atoms with Gasteiger partial charge in [0, 0.05) is 18.2 Å². The lowest BCUT2D eigenvalue weighted by Gasteiger charge is -2.22. The Morgan fingerprint density at radius 2 is 1.94 bits per heavy atom. The van der Waals surface area contributed by atoms with E-state index >= 15 is 0 Å². The molecule has 0 unspecified atom stereocenters. The third-order valence-corrected chi connectivity index (χ3v) is 2.82. The van der Waals surface area contributed by atoms with Gasteiger partial charge in [-0.15, -0.1) is 24.0 Å². The average molecular weight is 358 g/mol. The molecule has 0 atom stereocenters. The smallest absolute Gasteiger partial charge is 0.161 e. The van der Waals surface area contributed by atoms with Crippen LogP contribution in [0.4, 0.5) is 0 Å². The number of benzene rings is 1. The van der Waals surface area contributed by atoms with Crippen LogP contribution in [0, 0.1) is 11.3 Å². The van der Waals surface area contributed by atoms with Crippen LogP contribution in [0.2, 0.25) is 0 Å². The summed E-state index contributed by atoms with van der Waals surface area (Å²) >= 11 is 0. The number of allylic oxidation sites excluding steroid dienone is 1. The van der Waals surface area contributed by atoms with Crippen molar-refractivity contribution in [2.24, 2.45) is 0 Å². The first kappa shape index (κ1) is 14.6. The molecule has 0 bridgehead atoms. The molecular formula is C13H15IN2O2. The monoisotopic (exact) mass is 358 g/mol. The molecule has 0 fully saturated rings. The van der Waals surface area contributed by atoms with Gasteiger partial charge in [-0.25, -0.2) is 0 Å². The molecule has 1 aromatic carbocycles. The zero-order valence-electron chi connectivity index (χ0n) is 10.3. The Morgan fingerprint density at radius 3 is 2.56 bits per heavy atom. The minimum Gasteiger partial charge on any atom is -0.493 e. The molecule has 2 rings (SSSR count). The number of nitriles is 1. The van der Waals surface area contributed by atoms with Gasteiger partial charge in [0.05, 0.1) is 26.0 Å². The van der Waals surface area contributed by atoms with E-state index in [4.69, 9.17) is 14.7 Å². The number of ether oxygens (including phenoxy) is 2. The predicted octanol–water partition coefficient (Wildman–Crippen LogP) is 2.33. The average Bonchev–Trinajstić information content (AvgIpc) is 2.38. The number of fused-ring (bicyclic) bond motifs is 1. The summed E-state index contributed by atoms with van der Waals surface area (Å²) in [5.41, 5.74) is 3.02. The molecule has 5 heteroatoms. The van der Waals surface area contributed by atoms with Crippen molar-refractivity contribution < 1.29 is 9.47 Å². The standard InChI is InChI=1S/C13H14N2O2.HI/c1-16-12-7-9-4-6-15-11(3-5-14)10(9)8-13(12)17-2;/h3,7-8,15H,4,6H2,1-2H3;1H/b11-3+;. The molecule has 0 saturated heterocycles. The predicted molar refractivity (Wildman–Crippen MR) is 80.3 cm³/mol. The SMILES string of the molecule is COc1cc2c(cc1OC)/C(=C\C#N)NCC2.I. The van der Waals surface area contributed by atoms with Crippen molar-refractivity contribution >= 4 is 29.7 Å². The van der Waals surface area contributed by atoms with Crippen molar-refractivity contribution in [2.75, 3.05) is 20.8 Å². The van der Waals surface area contributed by atoms with E-state index in [-0.39, 0.29) is 24.0 Å². The van der Waals surface area contributed by atoms with Gasteiger partial charge in [-0.2, -0.15) is 5.26 Å². The van der Waals surface area contributed by atoms with E-state index in [1.165, 1.54) is 11.6 Å². The first-order valence-electron chi connectivity index (χ1n) is 5.39. The maximum Gasteiger partial charge on any atom is 0.161 e. The number of rotatable bonds is 2. The largest absolute Gasteiger partial charge is 0.493 e. The summed E-state index contributed by atoms with van der Waals surface area (Å²) in [4.78, 5) is 0. The van der Waals surface area contributed by atoms with Crippen molar-refractivity contribution in [2.45, 2.75) is 6.42 Å². The minimum absolute atomic E-state index is 0. The van der Waals surface area contributed by atoms with E-state index in [1.54, 1.807) is 14.2 Å². The van der Waals surface area contributed by atoms with Gasteiger partial charge < -0.3 is 14.8 Å². The Bertz CT molecular complexity index is 506. The van der Waals surface area contributed by atoms with Gasteiger partial charge in [0.1, 0.15) is 0 Å². The van der Waals surface area contributed by atoms with Crippen LogP contribution >= 0.6 is 24.0 Å². The molecule has 0 radical (unpaired) electrons. The van der Waals surface area contributed by atoms with Crippen LogP contribution in [0.1, 0.15) is 11.1 Å². The molecule has 96 valence electrons. The summed E-state index contributed by atoms with van der Waals surface area (Å²) in [6.07, 6.45) is 2.43. The summed E-state index contributed by atoms with van der Waals surface area (Å²) in [6.45, 7) is 0.829. The van der Waals surface area contributed by atoms with Crippen LogP contribution in [-0.2, 0) is 6.42 Å². The fourth-order valence-electron chi connectivity index (χ4n) is 2.00. The number of methoxy groups -OCH3 is 2. The molecular weight excluding hydrogens is 343 g/mol. The van der Waals surface area contributed by atoms with E-state index in [2.05, 4.69) is 5.32 Å². The first-order valence-corrected chi connectivity index (χ1v) is 5.39. The van der Waals surface area contributed by atoms with Gasteiger partial charge in [0.15, 0.2) is 11.5 Å². The van der Waals surface area contributed by atoms with Crippen LogP contribution in [-0.4, -0.2) is 20.8 Å². The Hall–Kier alpha value is -1.42. The topological polar surface area (TPSA) is 54.3 Å². The molecule has 1 aliphatic rings. The maximum atomic E-state index is 8.75. The number of nitrogens with one attached hydrogen (secondary N) is 1. The highest BCUT2D eigenvalue weighted by Crippen LogP contribution is 2.34. The van der Waals surface area contributed by atoms with Crippen molar-refractivity contribution in [3.05, 3.63) is 29.3 Å². The lowest BCUT2D eigenvalue weighted by Crippen LogP contribution is -2.22. The molecule has 0 aliphatic carbocycles. The number of halogens is 1. The lowest BCUT2D eigenvalue weighted by atomic mass is 9.97. The van der Waals surface area contributed by atoms with Crippen LogP contribution < -0.4 is 14.8 Å². The zero-order valence-corrected chi connectivity index (χ0v) is 12.6. The highest BCUT2D eigenvalue weighted by atomic mass is 127. The molecule has 1 heterocycles. The molecule has 0 amide bonds. The third-order valence-electron chi connectivity index (χ3n) is 2.82. The molecule has 4 nitrogen and oxygen atoms in total. The Morgan fingerprint density at radius 1 is 1.28 bits per heavy atom. The Kier molecular flexibility index (Phi) is 5.28.